The fourth-order valence-electron chi connectivity index (χ4n) is 1.87. The molecule has 6 heteroatoms. The van der Waals surface area contributed by atoms with Crippen LogP contribution in [0.1, 0.15) is 22.6 Å². The first-order valence-corrected chi connectivity index (χ1v) is 7.01. The molecule has 110 valence electrons. The zero-order valence-corrected chi connectivity index (χ0v) is 13.2. The Labute approximate surface area is 130 Å². The third-order valence-electron chi connectivity index (χ3n) is 2.71. The first-order chi connectivity index (χ1) is 9.95. The summed E-state index contributed by atoms with van der Waals surface area (Å²) in [6, 6.07) is 5.50. The van der Waals surface area contributed by atoms with Crippen molar-refractivity contribution in [2.45, 2.75) is 20.5 Å². The van der Waals surface area contributed by atoms with Crippen molar-refractivity contribution in [2.75, 3.05) is 0 Å². The van der Waals surface area contributed by atoms with Crippen LogP contribution in [0.4, 0.5) is 0 Å². The molecule has 1 aromatic carbocycles. The Hall–Kier alpha value is -2.08. The van der Waals surface area contributed by atoms with E-state index < -0.39 is 5.97 Å². The molecule has 1 aromatic heterocycles. The molecule has 0 spiro atoms. The number of aryl methyl sites for hydroxylation is 2. The van der Waals surface area contributed by atoms with Crippen molar-refractivity contribution in [1.29, 1.82) is 0 Å². The van der Waals surface area contributed by atoms with E-state index in [1.807, 2.05) is 19.9 Å². The van der Waals surface area contributed by atoms with E-state index in [4.69, 9.17) is 14.4 Å². The number of carboxylic acids is 1. The molecular weight excluding hydrogens is 338 g/mol. The second-order valence-corrected chi connectivity index (χ2v) is 5.45. The van der Waals surface area contributed by atoms with Gasteiger partial charge in [-0.3, -0.25) is 0 Å². The van der Waals surface area contributed by atoms with Crippen LogP contribution in [0.2, 0.25) is 0 Å². The summed E-state index contributed by atoms with van der Waals surface area (Å²) < 4.78 is 11.6. The van der Waals surface area contributed by atoms with E-state index in [0.717, 1.165) is 16.1 Å². The predicted octanol–water partition coefficient (Wildman–Crippen LogP) is 3.73. The normalized spacial score (nSPS) is 11.0. The Kier molecular flexibility index (Phi) is 4.80. The van der Waals surface area contributed by atoms with E-state index in [1.54, 1.807) is 12.1 Å². The lowest BCUT2D eigenvalue weighted by molar-refractivity contribution is -0.131. The number of hydrogen-bond acceptors (Lipinski definition) is 4. The van der Waals surface area contributed by atoms with E-state index in [9.17, 15) is 4.79 Å². The number of hydrogen-bond donors (Lipinski definition) is 1. The Morgan fingerprint density at radius 2 is 2.19 bits per heavy atom. The summed E-state index contributed by atoms with van der Waals surface area (Å²) in [5, 5.41) is 12.6. The summed E-state index contributed by atoms with van der Waals surface area (Å²) in [5.41, 5.74) is 2.27. The highest BCUT2D eigenvalue weighted by Gasteiger charge is 2.09. The molecular formula is C15H14BrNO4. The van der Waals surface area contributed by atoms with Crippen LogP contribution in [0.5, 0.6) is 5.75 Å². The van der Waals surface area contributed by atoms with Crippen LogP contribution in [0.25, 0.3) is 6.08 Å². The number of carbonyl (C=O) groups is 1. The molecule has 0 unspecified atom stereocenters. The van der Waals surface area contributed by atoms with Crippen molar-refractivity contribution in [2.24, 2.45) is 0 Å². The van der Waals surface area contributed by atoms with E-state index in [-0.39, 0.29) is 6.61 Å². The third kappa shape index (κ3) is 4.19. The van der Waals surface area contributed by atoms with Gasteiger partial charge < -0.3 is 14.4 Å². The van der Waals surface area contributed by atoms with Gasteiger partial charge in [-0.1, -0.05) is 21.1 Å². The van der Waals surface area contributed by atoms with Gasteiger partial charge in [-0.15, -0.1) is 0 Å². The number of benzene rings is 1. The third-order valence-corrected chi connectivity index (χ3v) is 3.17. The zero-order valence-electron chi connectivity index (χ0n) is 11.6. The van der Waals surface area contributed by atoms with Gasteiger partial charge in [0.15, 0.2) is 0 Å². The average molecular weight is 352 g/mol. The maximum absolute atomic E-state index is 10.7. The van der Waals surface area contributed by atoms with Gasteiger partial charge in [0, 0.05) is 22.2 Å². The number of aromatic nitrogens is 1. The minimum Gasteiger partial charge on any atom is -0.486 e. The topological polar surface area (TPSA) is 72.6 Å². The molecule has 0 radical (unpaired) electrons. The second kappa shape index (κ2) is 6.58. The molecule has 0 aliphatic rings. The van der Waals surface area contributed by atoms with Crippen LogP contribution in [0, 0.1) is 13.8 Å². The summed E-state index contributed by atoms with van der Waals surface area (Å²) in [6.45, 7) is 3.96. The van der Waals surface area contributed by atoms with Crippen LogP contribution < -0.4 is 4.74 Å². The highest BCUT2D eigenvalue weighted by Crippen LogP contribution is 2.29. The molecule has 0 atom stereocenters. The summed E-state index contributed by atoms with van der Waals surface area (Å²) in [5.74, 6) is 0.328. The van der Waals surface area contributed by atoms with Crippen molar-refractivity contribution in [3.05, 3.63) is 51.3 Å². The highest BCUT2D eigenvalue weighted by atomic mass is 79.9. The second-order valence-electron chi connectivity index (χ2n) is 4.53. The SMILES string of the molecule is Cc1cc(COc2c(C)cc(Br)cc2/C=C/C(=O)O)no1. The molecule has 0 amide bonds. The van der Waals surface area contributed by atoms with Crippen LogP contribution in [0.3, 0.4) is 0 Å². The van der Waals surface area contributed by atoms with Crippen molar-refractivity contribution >= 4 is 28.0 Å². The lowest BCUT2D eigenvalue weighted by Crippen LogP contribution is -1.99. The Morgan fingerprint density at radius 1 is 1.43 bits per heavy atom. The summed E-state index contributed by atoms with van der Waals surface area (Å²) in [6.07, 6.45) is 2.58. The van der Waals surface area contributed by atoms with Gasteiger partial charge in [-0.2, -0.15) is 0 Å². The number of carboxylic acid groups (broad SMARTS) is 1. The predicted molar refractivity (Wildman–Crippen MR) is 81.1 cm³/mol. The van der Waals surface area contributed by atoms with Gasteiger partial charge in [0.05, 0.1) is 0 Å². The molecule has 0 bridgehead atoms. The van der Waals surface area contributed by atoms with Crippen molar-refractivity contribution in [3.8, 4) is 5.75 Å². The standard InChI is InChI=1S/C15H14BrNO4/c1-9-5-12(16)7-11(3-4-14(18)19)15(9)20-8-13-6-10(2)21-17-13/h3-7H,8H2,1-2H3,(H,18,19)/b4-3+. The molecule has 0 fully saturated rings. The monoisotopic (exact) mass is 351 g/mol. The molecule has 1 heterocycles. The lowest BCUT2D eigenvalue weighted by Gasteiger charge is -2.12. The van der Waals surface area contributed by atoms with Crippen molar-refractivity contribution < 1.29 is 19.2 Å². The van der Waals surface area contributed by atoms with Crippen LogP contribution in [-0.2, 0) is 11.4 Å². The molecule has 2 rings (SSSR count). The van der Waals surface area contributed by atoms with E-state index in [0.29, 0.717) is 22.8 Å². The molecule has 2 aromatic rings. The fraction of sp³-hybridized carbons (Fsp3) is 0.200. The summed E-state index contributed by atoms with van der Waals surface area (Å²) >= 11 is 3.39. The highest BCUT2D eigenvalue weighted by molar-refractivity contribution is 9.10. The molecule has 0 saturated heterocycles. The quantitative estimate of drug-likeness (QED) is 0.830. The van der Waals surface area contributed by atoms with Crippen molar-refractivity contribution in [1.82, 2.24) is 5.16 Å². The van der Waals surface area contributed by atoms with E-state index in [2.05, 4.69) is 21.1 Å². The number of ether oxygens (including phenoxy) is 1. The number of rotatable bonds is 5. The minimum absolute atomic E-state index is 0.258. The first kappa shape index (κ1) is 15.3. The van der Waals surface area contributed by atoms with Gasteiger partial charge in [0.1, 0.15) is 23.8 Å². The van der Waals surface area contributed by atoms with Gasteiger partial charge in [-0.25, -0.2) is 4.79 Å². The fourth-order valence-corrected chi connectivity index (χ4v) is 2.46. The molecule has 0 saturated carbocycles. The summed E-state index contributed by atoms with van der Waals surface area (Å²) in [7, 11) is 0. The van der Waals surface area contributed by atoms with Gasteiger partial charge in [0.2, 0.25) is 0 Å². The Bertz CT molecular complexity index is 691. The smallest absolute Gasteiger partial charge is 0.328 e. The lowest BCUT2D eigenvalue weighted by atomic mass is 10.1. The van der Waals surface area contributed by atoms with Crippen LogP contribution >= 0.6 is 15.9 Å². The Morgan fingerprint density at radius 3 is 2.81 bits per heavy atom. The first-order valence-electron chi connectivity index (χ1n) is 6.22. The minimum atomic E-state index is -1.01. The van der Waals surface area contributed by atoms with E-state index >= 15 is 0 Å². The molecule has 0 aliphatic carbocycles. The Balaban J connectivity index is 2.26. The maximum Gasteiger partial charge on any atom is 0.328 e. The van der Waals surface area contributed by atoms with Gasteiger partial charge >= 0.3 is 5.97 Å². The van der Waals surface area contributed by atoms with Crippen LogP contribution in [-0.4, -0.2) is 16.2 Å². The van der Waals surface area contributed by atoms with Gasteiger partial charge in [0.25, 0.3) is 0 Å². The molecule has 1 N–H and O–H groups in total. The van der Waals surface area contributed by atoms with Crippen molar-refractivity contribution in [3.63, 3.8) is 0 Å². The molecule has 21 heavy (non-hydrogen) atoms. The van der Waals surface area contributed by atoms with Gasteiger partial charge in [-0.05, 0) is 37.6 Å². The zero-order chi connectivity index (χ0) is 15.4. The molecule has 5 nitrogen and oxygen atoms in total. The van der Waals surface area contributed by atoms with E-state index in [1.165, 1.54) is 6.08 Å². The number of halogens is 1. The van der Waals surface area contributed by atoms with Crippen LogP contribution in [0.15, 0.2) is 33.3 Å². The molecule has 0 aliphatic heterocycles. The largest absolute Gasteiger partial charge is 0.486 e. The maximum atomic E-state index is 10.7. The summed E-state index contributed by atoms with van der Waals surface area (Å²) in [4.78, 5) is 10.7. The number of nitrogens with zero attached hydrogens (tertiary/aromatic N) is 1. The number of aliphatic carboxylic acids is 1. The average Bonchev–Trinajstić information content (AvgIpc) is 2.80.